The van der Waals surface area contributed by atoms with Crippen LogP contribution in [0, 0.1) is 0 Å². The molecule has 1 aliphatic heterocycles. The van der Waals surface area contributed by atoms with Crippen LogP contribution in [0.4, 0.5) is 17.1 Å². The summed E-state index contributed by atoms with van der Waals surface area (Å²) in [6, 6.07) is 14.2. The van der Waals surface area contributed by atoms with Gasteiger partial charge in [0.1, 0.15) is 0 Å². The smallest absolute Gasteiger partial charge is 0.253 e. The van der Waals surface area contributed by atoms with Crippen LogP contribution in [0.25, 0.3) is 0 Å². The zero-order valence-corrected chi connectivity index (χ0v) is 16.9. The molecule has 0 bridgehead atoms. The third kappa shape index (κ3) is 5.57. The minimum Gasteiger partial charge on any atom is -0.383 e. The van der Waals surface area contributed by atoms with Gasteiger partial charge < -0.3 is 25.6 Å². The molecule has 1 fully saturated rings. The highest BCUT2D eigenvalue weighted by molar-refractivity contribution is 6.01. The lowest BCUT2D eigenvalue weighted by molar-refractivity contribution is -0.117. The maximum Gasteiger partial charge on any atom is 0.253 e. The predicted octanol–water partition coefficient (Wildman–Crippen LogP) is 2.24. The molecule has 8 nitrogen and oxygen atoms in total. The van der Waals surface area contributed by atoms with E-state index in [0.29, 0.717) is 36.5 Å². The molecule has 0 radical (unpaired) electrons. The fourth-order valence-electron chi connectivity index (χ4n) is 3.22. The molecule has 8 heteroatoms. The van der Waals surface area contributed by atoms with E-state index in [9.17, 15) is 14.4 Å². The van der Waals surface area contributed by atoms with E-state index in [-0.39, 0.29) is 24.3 Å². The molecule has 0 unspecified atom stereocenters. The van der Waals surface area contributed by atoms with Crippen molar-refractivity contribution in [2.75, 3.05) is 48.9 Å². The van der Waals surface area contributed by atoms with Crippen molar-refractivity contribution < 1.29 is 19.1 Å². The molecule has 1 saturated heterocycles. The van der Waals surface area contributed by atoms with Crippen LogP contribution in [0.1, 0.15) is 23.2 Å². The van der Waals surface area contributed by atoms with Gasteiger partial charge in [-0.15, -0.1) is 0 Å². The van der Waals surface area contributed by atoms with E-state index < -0.39 is 0 Å². The summed E-state index contributed by atoms with van der Waals surface area (Å²) in [5.74, 6) is -0.349. The van der Waals surface area contributed by atoms with Crippen molar-refractivity contribution in [3.8, 4) is 0 Å². The van der Waals surface area contributed by atoms with Crippen molar-refractivity contribution in [3.63, 3.8) is 0 Å². The summed E-state index contributed by atoms with van der Waals surface area (Å²) in [6.45, 7) is 1.57. The molecule has 2 aromatic rings. The van der Waals surface area contributed by atoms with E-state index in [2.05, 4.69) is 16.0 Å². The molecule has 1 heterocycles. The van der Waals surface area contributed by atoms with Crippen molar-refractivity contribution in [1.82, 2.24) is 5.32 Å². The SMILES string of the molecule is COCCNC(=O)c1ccccc1NCC(=O)Nc1ccc(N2CCCC2=O)cc1. The average molecular weight is 410 g/mol. The van der Waals surface area contributed by atoms with Crippen LogP contribution in [0.2, 0.25) is 0 Å². The summed E-state index contributed by atoms with van der Waals surface area (Å²) in [4.78, 5) is 38.2. The van der Waals surface area contributed by atoms with Gasteiger partial charge in [-0.3, -0.25) is 14.4 Å². The third-order valence-corrected chi connectivity index (χ3v) is 4.74. The first-order valence-corrected chi connectivity index (χ1v) is 9.89. The monoisotopic (exact) mass is 410 g/mol. The highest BCUT2D eigenvalue weighted by Crippen LogP contribution is 2.23. The van der Waals surface area contributed by atoms with Gasteiger partial charge in [0.05, 0.1) is 18.7 Å². The first kappa shape index (κ1) is 21.3. The van der Waals surface area contributed by atoms with Crippen LogP contribution in [-0.4, -0.2) is 51.1 Å². The van der Waals surface area contributed by atoms with Crippen LogP contribution in [-0.2, 0) is 14.3 Å². The molecule has 1 aliphatic rings. The van der Waals surface area contributed by atoms with Gasteiger partial charge in [-0.05, 0) is 42.8 Å². The Bertz CT molecular complexity index is 898. The maximum absolute atomic E-state index is 12.3. The number of hydrogen-bond donors (Lipinski definition) is 3. The number of para-hydroxylation sites is 1. The molecule has 158 valence electrons. The van der Waals surface area contributed by atoms with Gasteiger partial charge in [0.15, 0.2) is 0 Å². The Morgan fingerprint density at radius 1 is 1.10 bits per heavy atom. The molecule has 3 rings (SSSR count). The van der Waals surface area contributed by atoms with Gasteiger partial charge in [0.25, 0.3) is 5.91 Å². The van der Waals surface area contributed by atoms with Crippen LogP contribution in [0.5, 0.6) is 0 Å². The molecule has 0 saturated carbocycles. The molecular weight excluding hydrogens is 384 g/mol. The van der Waals surface area contributed by atoms with Crippen molar-refractivity contribution in [1.29, 1.82) is 0 Å². The lowest BCUT2D eigenvalue weighted by Crippen LogP contribution is -2.28. The molecule has 2 aromatic carbocycles. The lowest BCUT2D eigenvalue weighted by Gasteiger charge is -2.16. The topological polar surface area (TPSA) is 99.8 Å². The summed E-state index contributed by atoms with van der Waals surface area (Å²) in [7, 11) is 1.57. The van der Waals surface area contributed by atoms with E-state index in [1.165, 1.54) is 0 Å². The quantitative estimate of drug-likeness (QED) is 0.551. The highest BCUT2D eigenvalue weighted by Gasteiger charge is 2.21. The largest absolute Gasteiger partial charge is 0.383 e. The molecule has 30 heavy (non-hydrogen) atoms. The van der Waals surface area contributed by atoms with Crippen molar-refractivity contribution >= 4 is 34.8 Å². The summed E-state index contributed by atoms with van der Waals surface area (Å²) in [5, 5.41) is 8.59. The third-order valence-electron chi connectivity index (χ3n) is 4.74. The van der Waals surface area contributed by atoms with Crippen LogP contribution in [0.3, 0.4) is 0 Å². The molecule has 0 aliphatic carbocycles. The number of carbonyl (C=O) groups is 3. The Balaban J connectivity index is 1.53. The molecule has 3 amide bonds. The minimum atomic E-state index is -0.241. The summed E-state index contributed by atoms with van der Waals surface area (Å²) in [6.07, 6.45) is 1.45. The van der Waals surface area contributed by atoms with Gasteiger partial charge in [-0.1, -0.05) is 12.1 Å². The average Bonchev–Trinajstić information content (AvgIpc) is 3.19. The second-order valence-corrected chi connectivity index (χ2v) is 6.89. The summed E-state index contributed by atoms with van der Waals surface area (Å²) >= 11 is 0. The van der Waals surface area contributed by atoms with Gasteiger partial charge in [-0.25, -0.2) is 0 Å². The number of methoxy groups -OCH3 is 1. The number of amides is 3. The predicted molar refractivity (Wildman–Crippen MR) is 116 cm³/mol. The Labute approximate surface area is 175 Å². The highest BCUT2D eigenvalue weighted by atomic mass is 16.5. The summed E-state index contributed by atoms with van der Waals surface area (Å²) < 4.78 is 4.93. The fraction of sp³-hybridized carbons (Fsp3) is 0.318. The minimum absolute atomic E-state index is 0.00866. The molecular formula is C22H26N4O4. The van der Waals surface area contributed by atoms with E-state index in [0.717, 1.165) is 18.7 Å². The van der Waals surface area contributed by atoms with E-state index >= 15 is 0 Å². The number of nitrogens with one attached hydrogen (secondary N) is 3. The van der Waals surface area contributed by atoms with Gasteiger partial charge >= 0.3 is 0 Å². The van der Waals surface area contributed by atoms with Crippen molar-refractivity contribution in [3.05, 3.63) is 54.1 Å². The van der Waals surface area contributed by atoms with Crippen molar-refractivity contribution in [2.45, 2.75) is 12.8 Å². The van der Waals surface area contributed by atoms with Gasteiger partial charge in [0.2, 0.25) is 11.8 Å². The number of carbonyl (C=O) groups excluding carboxylic acids is 3. The van der Waals surface area contributed by atoms with E-state index in [1.807, 2.05) is 12.1 Å². The lowest BCUT2D eigenvalue weighted by atomic mass is 10.1. The van der Waals surface area contributed by atoms with Crippen LogP contribution >= 0.6 is 0 Å². The van der Waals surface area contributed by atoms with Crippen molar-refractivity contribution in [2.24, 2.45) is 0 Å². The number of rotatable bonds is 9. The van der Waals surface area contributed by atoms with Crippen LogP contribution < -0.4 is 20.9 Å². The molecule has 0 spiro atoms. The van der Waals surface area contributed by atoms with Gasteiger partial charge in [0, 0.05) is 43.7 Å². The number of benzene rings is 2. The standard InChI is InChI=1S/C22H26N4O4/c1-30-14-12-23-22(29)18-5-2-3-6-19(18)24-15-20(27)25-16-8-10-17(11-9-16)26-13-4-7-21(26)28/h2-3,5-6,8-11,24H,4,7,12-15H2,1H3,(H,23,29)(H,25,27). The zero-order valence-electron chi connectivity index (χ0n) is 16.9. The molecule has 0 aromatic heterocycles. The Kier molecular flexibility index (Phi) is 7.40. The first-order chi connectivity index (χ1) is 14.6. The number of anilines is 3. The molecule has 0 atom stereocenters. The number of nitrogens with zero attached hydrogens (tertiary/aromatic N) is 1. The second-order valence-electron chi connectivity index (χ2n) is 6.89. The zero-order chi connectivity index (χ0) is 21.3. The van der Waals surface area contributed by atoms with Crippen LogP contribution in [0.15, 0.2) is 48.5 Å². The summed E-state index contributed by atoms with van der Waals surface area (Å²) in [5.41, 5.74) is 2.51. The fourth-order valence-corrected chi connectivity index (χ4v) is 3.22. The first-order valence-electron chi connectivity index (χ1n) is 9.89. The Hall–Kier alpha value is -3.39. The van der Waals surface area contributed by atoms with E-state index in [1.54, 1.807) is 48.4 Å². The molecule has 3 N–H and O–H groups in total. The Morgan fingerprint density at radius 2 is 1.87 bits per heavy atom. The maximum atomic E-state index is 12.3. The number of ether oxygens (including phenoxy) is 1. The second kappa shape index (κ2) is 10.4. The Morgan fingerprint density at radius 3 is 2.57 bits per heavy atom. The van der Waals surface area contributed by atoms with E-state index in [4.69, 9.17) is 4.74 Å². The van der Waals surface area contributed by atoms with Gasteiger partial charge in [-0.2, -0.15) is 0 Å². The number of hydrogen-bond acceptors (Lipinski definition) is 5. The normalized spacial score (nSPS) is 13.2.